The Morgan fingerprint density at radius 2 is 1.61 bits per heavy atom. The van der Waals surface area contributed by atoms with Crippen LogP contribution in [0.3, 0.4) is 0 Å². The number of aryl methyl sites for hydroxylation is 1. The molecule has 1 fully saturated rings. The number of aromatic nitrogens is 2. The summed E-state index contributed by atoms with van der Waals surface area (Å²) in [7, 11) is -0.840. The Morgan fingerprint density at radius 3 is 2.10 bits per heavy atom. The molecule has 0 amide bonds. The van der Waals surface area contributed by atoms with Crippen LogP contribution in [0.1, 0.15) is 76.0 Å². The van der Waals surface area contributed by atoms with Crippen LogP contribution in [-0.4, -0.2) is 65.4 Å². The fourth-order valence-corrected chi connectivity index (χ4v) is 9.24. The molecule has 1 aliphatic rings. The van der Waals surface area contributed by atoms with Crippen molar-refractivity contribution in [2.45, 2.75) is 89.9 Å². The van der Waals surface area contributed by atoms with Gasteiger partial charge in [-0.2, -0.15) is 10.5 Å². The minimum atomic E-state index is -4.01. The van der Waals surface area contributed by atoms with E-state index >= 15 is 4.57 Å². The number of benzene rings is 2. The molecule has 4 rings (SSSR count). The summed E-state index contributed by atoms with van der Waals surface area (Å²) >= 11 is 0. The number of H-pyrrole nitrogens is 1. The van der Waals surface area contributed by atoms with E-state index in [0.29, 0.717) is 11.5 Å². The Bertz CT molecular complexity index is 1820. The first-order valence-electron chi connectivity index (χ1n) is 16.8. The van der Waals surface area contributed by atoms with Crippen molar-refractivity contribution in [1.29, 1.82) is 10.5 Å². The van der Waals surface area contributed by atoms with Crippen LogP contribution >= 0.6 is 7.67 Å². The van der Waals surface area contributed by atoms with Crippen molar-refractivity contribution < 1.29 is 28.0 Å². The summed E-state index contributed by atoms with van der Waals surface area (Å²) in [5, 5.41) is 22.8. The van der Waals surface area contributed by atoms with Gasteiger partial charge < -0.3 is 23.5 Å². The summed E-state index contributed by atoms with van der Waals surface area (Å²) in [4.78, 5) is 27.8. The van der Waals surface area contributed by atoms with Crippen LogP contribution in [0.2, 0.25) is 0 Å². The Labute approximate surface area is 298 Å². The Hall–Kier alpha value is -4.27. The SMILES string of the molecule is COc1ccc(C(OC[C@H]2O[C@@H](n3cc(C)c(=O)[nH]c3=O)C[C@@]2(CC#N)N(C(C)C)P(=O)(NC(C)C)OCCC#N)c2ccc(OC)cc2)cc1. The van der Waals surface area contributed by atoms with Crippen molar-refractivity contribution in [3.8, 4) is 23.6 Å². The molecule has 2 aromatic carbocycles. The topological polar surface area (TPSA) is 181 Å². The lowest BCUT2D eigenvalue weighted by Crippen LogP contribution is -2.58. The third-order valence-electron chi connectivity index (χ3n) is 8.67. The number of nitrogens with one attached hydrogen (secondary N) is 2. The van der Waals surface area contributed by atoms with Crippen LogP contribution < -0.4 is 25.8 Å². The minimum Gasteiger partial charge on any atom is -0.497 e. The van der Waals surface area contributed by atoms with Gasteiger partial charge in [0.1, 0.15) is 29.9 Å². The molecule has 0 aliphatic carbocycles. The van der Waals surface area contributed by atoms with Crippen molar-refractivity contribution in [3.63, 3.8) is 0 Å². The average molecular weight is 723 g/mol. The summed E-state index contributed by atoms with van der Waals surface area (Å²) in [6.45, 7) is 8.65. The summed E-state index contributed by atoms with van der Waals surface area (Å²) in [6.07, 6.45) is -1.33. The molecule has 2 N–H and O–H groups in total. The number of ether oxygens (including phenoxy) is 4. The zero-order chi connectivity index (χ0) is 37.3. The van der Waals surface area contributed by atoms with E-state index in [9.17, 15) is 20.1 Å². The number of aromatic amines is 1. The molecule has 2 heterocycles. The highest BCUT2D eigenvalue weighted by molar-refractivity contribution is 7.54. The van der Waals surface area contributed by atoms with Crippen molar-refractivity contribution in [3.05, 3.63) is 92.3 Å². The number of hydrogen-bond donors (Lipinski definition) is 2. The first-order valence-corrected chi connectivity index (χ1v) is 18.3. The van der Waals surface area contributed by atoms with Gasteiger partial charge in [0, 0.05) is 30.3 Å². The van der Waals surface area contributed by atoms with E-state index in [1.807, 2.05) is 82.3 Å². The number of nitriles is 2. The van der Waals surface area contributed by atoms with Crippen LogP contribution in [0.5, 0.6) is 11.5 Å². The predicted molar refractivity (Wildman–Crippen MR) is 190 cm³/mol. The number of hydrogen-bond acceptors (Lipinski definition) is 10. The molecule has 4 atom stereocenters. The van der Waals surface area contributed by atoms with Gasteiger partial charge in [-0.25, -0.2) is 14.6 Å². The normalized spacial score (nSPS) is 20.0. The molecule has 15 heteroatoms. The van der Waals surface area contributed by atoms with Crippen LogP contribution in [0.25, 0.3) is 0 Å². The minimum absolute atomic E-state index is 0.00985. The molecule has 3 aromatic rings. The molecule has 1 aromatic heterocycles. The quantitative estimate of drug-likeness (QED) is 0.135. The lowest BCUT2D eigenvalue weighted by molar-refractivity contribution is -0.0825. The fourth-order valence-electron chi connectivity index (χ4n) is 6.51. The van der Waals surface area contributed by atoms with Gasteiger partial charge in [-0.1, -0.05) is 24.3 Å². The third kappa shape index (κ3) is 8.97. The monoisotopic (exact) mass is 722 g/mol. The maximum absolute atomic E-state index is 15.1. The van der Waals surface area contributed by atoms with Gasteiger partial charge in [0.15, 0.2) is 0 Å². The standard InChI is InChI=1S/C36H47N6O8P/c1-24(2)40-51(45,49-20-8-18-37)42(25(3)4)36(17-19-38)21-32(41-22-26(5)34(43)39-35(41)44)50-31(36)23-48-33(27-9-13-29(46-6)14-10-27)28-11-15-30(47-7)16-12-28/h9-16,22,24-25,31-33H,8,17,20-21,23H2,1-7H3,(H,40,45)(H,39,43,44)/t31-,32-,36-,51?/m1/s1. The van der Waals surface area contributed by atoms with Gasteiger partial charge >= 0.3 is 13.4 Å². The molecule has 14 nitrogen and oxygen atoms in total. The second kappa shape index (κ2) is 17.3. The molecule has 0 bridgehead atoms. The van der Waals surface area contributed by atoms with Crippen molar-refractivity contribution >= 4 is 7.67 Å². The number of methoxy groups -OCH3 is 2. The van der Waals surface area contributed by atoms with E-state index in [2.05, 4.69) is 16.1 Å². The van der Waals surface area contributed by atoms with Crippen LogP contribution in [-0.2, 0) is 18.6 Å². The zero-order valence-electron chi connectivity index (χ0n) is 30.1. The van der Waals surface area contributed by atoms with Crippen LogP contribution in [0, 0.1) is 29.6 Å². The summed E-state index contributed by atoms with van der Waals surface area (Å²) < 4.78 is 48.2. The molecule has 1 saturated heterocycles. The lowest BCUT2D eigenvalue weighted by Gasteiger charge is -2.48. The van der Waals surface area contributed by atoms with E-state index in [-0.39, 0.29) is 44.1 Å². The van der Waals surface area contributed by atoms with E-state index in [4.69, 9.17) is 23.5 Å². The first kappa shape index (κ1) is 39.5. The van der Waals surface area contributed by atoms with Crippen molar-refractivity contribution in [2.75, 3.05) is 27.4 Å². The highest BCUT2D eigenvalue weighted by Gasteiger charge is 2.59. The zero-order valence-corrected chi connectivity index (χ0v) is 31.0. The van der Waals surface area contributed by atoms with Gasteiger partial charge in [-0.3, -0.25) is 18.9 Å². The molecule has 1 aliphatic heterocycles. The smallest absolute Gasteiger partial charge is 0.344 e. The fraction of sp³-hybridized carbons (Fsp3) is 0.500. The second-order valence-corrected chi connectivity index (χ2v) is 14.9. The Morgan fingerprint density at radius 1 is 1.02 bits per heavy atom. The van der Waals surface area contributed by atoms with Crippen LogP contribution in [0.15, 0.2) is 64.3 Å². The predicted octanol–water partition coefficient (Wildman–Crippen LogP) is 5.36. The Balaban J connectivity index is 1.88. The third-order valence-corrected chi connectivity index (χ3v) is 11.5. The molecular formula is C36H47N6O8P. The van der Waals surface area contributed by atoms with Gasteiger partial charge in [-0.15, -0.1) is 0 Å². The summed E-state index contributed by atoms with van der Waals surface area (Å²) in [5.74, 6) is 1.34. The van der Waals surface area contributed by atoms with E-state index in [0.717, 1.165) is 11.1 Å². The molecule has 0 saturated carbocycles. The molecule has 274 valence electrons. The lowest BCUT2D eigenvalue weighted by atomic mass is 9.86. The average Bonchev–Trinajstić information content (AvgIpc) is 3.44. The molecular weight excluding hydrogens is 675 g/mol. The van der Waals surface area contributed by atoms with Gasteiger partial charge in [0.2, 0.25) is 0 Å². The molecule has 1 unspecified atom stereocenters. The number of rotatable bonds is 17. The molecule has 0 spiro atoms. The van der Waals surface area contributed by atoms with E-state index in [1.54, 1.807) is 25.8 Å². The maximum Gasteiger partial charge on any atom is 0.344 e. The van der Waals surface area contributed by atoms with Crippen molar-refractivity contribution in [1.82, 2.24) is 19.3 Å². The highest BCUT2D eigenvalue weighted by Crippen LogP contribution is 2.59. The van der Waals surface area contributed by atoms with E-state index in [1.165, 1.54) is 10.8 Å². The van der Waals surface area contributed by atoms with Crippen molar-refractivity contribution in [2.24, 2.45) is 0 Å². The van der Waals surface area contributed by atoms with Gasteiger partial charge in [0.05, 0.1) is 58.0 Å². The first-order chi connectivity index (χ1) is 24.3. The van der Waals surface area contributed by atoms with E-state index < -0.39 is 48.9 Å². The second-order valence-electron chi connectivity index (χ2n) is 12.9. The Kier molecular flexibility index (Phi) is 13.4. The van der Waals surface area contributed by atoms with Crippen LogP contribution in [0.4, 0.5) is 0 Å². The molecule has 51 heavy (non-hydrogen) atoms. The highest BCUT2D eigenvalue weighted by atomic mass is 31.2. The maximum atomic E-state index is 15.1. The van der Waals surface area contributed by atoms with Gasteiger partial charge in [-0.05, 0) is 70.0 Å². The summed E-state index contributed by atoms with van der Waals surface area (Å²) in [5.41, 5.74) is -0.675. The largest absolute Gasteiger partial charge is 0.497 e. The molecule has 0 radical (unpaired) electrons. The number of nitrogens with zero attached hydrogens (tertiary/aromatic N) is 4. The summed E-state index contributed by atoms with van der Waals surface area (Å²) in [6, 6.07) is 18.4. The van der Waals surface area contributed by atoms with Gasteiger partial charge in [0.25, 0.3) is 5.56 Å².